The number of hydrogen-bond donors (Lipinski definition) is 2. The summed E-state index contributed by atoms with van der Waals surface area (Å²) in [4.78, 5) is 8.65. The largest absolute Gasteiger partial charge is 0.493 e. The average Bonchev–Trinajstić information content (AvgIpc) is 3.04. The topological polar surface area (TPSA) is 101 Å². The van der Waals surface area contributed by atoms with E-state index in [1.807, 2.05) is 6.07 Å². The molecule has 44 heavy (non-hydrogen) atoms. The molecule has 2 N–H and O–H groups in total. The molecule has 228 valence electrons. The van der Waals surface area contributed by atoms with Gasteiger partial charge in [0.1, 0.15) is 17.8 Å². The highest BCUT2D eigenvalue weighted by Gasteiger charge is 2.51. The van der Waals surface area contributed by atoms with Gasteiger partial charge in [-0.3, -0.25) is 4.98 Å². The van der Waals surface area contributed by atoms with Gasteiger partial charge in [0, 0.05) is 29.8 Å². The number of methoxy groups -OCH3 is 1. The number of benzene rings is 2. The third kappa shape index (κ3) is 5.94. The highest BCUT2D eigenvalue weighted by Crippen LogP contribution is 2.56. The molecule has 2 unspecified atom stereocenters. The summed E-state index contributed by atoms with van der Waals surface area (Å²) in [7, 11) is 1.57. The Morgan fingerprint density at radius 2 is 1.93 bits per heavy atom. The summed E-state index contributed by atoms with van der Waals surface area (Å²) in [5.41, 5.74) is 2.49. The molecule has 1 spiro atoms. The first-order valence-electron chi connectivity index (χ1n) is 14.5. The Morgan fingerprint density at radius 3 is 2.66 bits per heavy atom. The van der Waals surface area contributed by atoms with Crippen molar-refractivity contribution in [1.29, 1.82) is 5.26 Å². The fraction of sp³-hybridized carbons (Fsp3) is 0.364. The van der Waals surface area contributed by atoms with Crippen molar-refractivity contribution in [1.82, 2.24) is 15.3 Å². The zero-order valence-corrected chi connectivity index (χ0v) is 25.9. The molecule has 8 nitrogen and oxygen atoms in total. The van der Waals surface area contributed by atoms with E-state index in [9.17, 15) is 5.26 Å². The van der Waals surface area contributed by atoms with E-state index >= 15 is 4.39 Å². The summed E-state index contributed by atoms with van der Waals surface area (Å²) >= 11 is 12.5. The molecule has 1 saturated heterocycles. The molecule has 2 aromatic heterocycles. The first kappa shape index (κ1) is 30.2. The van der Waals surface area contributed by atoms with Crippen LogP contribution in [-0.2, 0) is 6.61 Å². The lowest BCUT2D eigenvalue weighted by Crippen LogP contribution is -2.53. The second-order valence-electron chi connectivity index (χ2n) is 11.5. The van der Waals surface area contributed by atoms with E-state index < -0.39 is 5.82 Å². The van der Waals surface area contributed by atoms with Crippen molar-refractivity contribution in [2.75, 3.05) is 32.1 Å². The lowest BCUT2D eigenvalue weighted by Gasteiger charge is -2.56. The number of halogens is 3. The van der Waals surface area contributed by atoms with Gasteiger partial charge in [0.15, 0.2) is 23.1 Å². The molecule has 2 aliphatic rings. The predicted molar refractivity (Wildman–Crippen MR) is 169 cm³/mol. The number of piperidine rings is 1. The molecule has 3 heterocycles. The Balaban J connectivity index is 1.22. The van der Waals surface area contributed by atoms with Gasteiger partial charge < -0.3 is 24.8 Å². The number of pyridine rings is 2. The first-order chi connectivity index (χ1) is 21.3. The Hall–Kier alpha value is -3.84. The molecule has 0 amide bonds. The molecular formula is C33H32Cl2FN5O3. The molecule has 2 aromatic carbocycles. The maximum atomic E-state index is 15.1. The zero-order valence-electron chi connectivity index (χ0n) is 24.4. The standard InChI is InChI=1S/C33H32Cl2FN5O3/c1-19-20(14-33(19)6-8-38-9-7-33)17-43-30-13-26-23(10-29(30)42-2)32(21(15-37)16-39-26)41-27-12-25(36)28(11-24(27)34)44-18-22-4-3-5-31(35)40-22/h3-5,10-13,16,19-20,38H,6-9,14,17-18H2,1-2H3,(H,39,41). The summed E-state index contributed by atoms with van der Waals surface area (Å²) in [6.45, 7) is 5.11. The Bertz CT molecular complexity index is 1740. The van der Waals surface area contributed by atoms with Gasteiger partial charge >= 0.3 is 0 Å². The number of hydrogen-bond acceptors (Lipinski definition) is 8. The number of aromatic nitrogens is 2. The average molecular weight is 637 g/mol. The van der Waals surface area contributed by atoms with E-state index in [-0.39, 0.29) is 28.6 Å². The van der Waals surface area contributed by atoms with Gasteiger partial charge in [0.25, 0.3) is 0 Å². The van der Waals surface area contributed by atoms with Crippen molar-refractivity contribution in [3.63, 3.8) is 0 Å². The van der Waals surface area contributed by atoms with Crippen LogP contribution in [0.15, 0.2) is 48.7 Å². The molecule has 1 saturated carbocycles. The number of fused-ring (bicyclic) bond motifs is 1. The molecule has 6 rings (SSSR count). The van der Waals surface area contributed by atoms with E-state index in [4.69, 9.17) is 37.4 Å². The predicted octanol–water partition coefficient (Wildman–Crippen LogP) is 7.68. The molecule has 11 heteroatoms. The van der Waals surface area contributed by atoms with Crippen LogP contribution in [0.4, 0.5) is 15.8 Å². The number of anilines is 2. The van der Waals surface area contributed by atoms with Crippen LogP contribution in [0.2, 0.25) is 10.2 Å². The summed E-state index contributed by atoms with van der Waals surface area (Å²) in [5.74, 6) is 1.49. The molecule has 1 aliphatic carbocycles. The number of nitrogens with one attached hydrogen (secondary N) is 2. The molecule has 2 atom stereocenters. The normalized spacial score (nSPS) is 18.8. The lowest BCUT2D eigenvalue weighted by molar-refractivity contribution is -0.0731. The molecule has 0 bridgehead atoms. The van der Waals surface area contributed by atoms with Crippen LogP contribution in [0.25, 0.3) is 10.9 Å². The third-order valence-electron chi connectivity index (χ3n) is 9.10. The first-order valence-corrected chi connectivity index (χ1v) is 15.3. The Kier molecular flexibility index (Phi) is 8.68. The van der Waals surface area contributed by atoms with Crippen LogP contribution in [0.5, 0.6) is 17.2 Å². The number of nitrogens with zero attached hydrogens (tertiary/aromatic N) is 3. The smallest absolute Gasteiger partial charge is 0.167 e. The quantitative estimate of drug-likeness (QED) is 0.181. The van der Waals surface area contributed by atoms with Crippen LogP contribution in [0.1, 0.15) is 37.4 Å². The fourth-order valence-electron chi connectivity index (χ4n) is 6.45. The number of ether oxygens (including phenoxy) is 3. The van der Waals surface area contributed by atoms with E-state index in [1.54, 1.807) is 31.4 Å². The minimum absolute atomic E-state index is 0.0103. The Morgan fingerprint density at radius 1 is 1.11 bits per heavy atom. The van der Waals surface area contributed by atoms with Crippen LogP contribution >= 0.6 is 23.2 Å². The van der Waals surface area contributed by atoms with E-state index in [1.165, 1.54) is 37.6 Å². The minimum atomic E-state index is -0.638. The number of rotatable bonds is 9. The number of nitriles is 1. The van der Waals surface area contributed by atoms with E-state index in [0.29, 0.717) is 62.8 Å². The van der Waals surface area contributed by atoms with Crippen molar-refractivity contribution in [3.05, 3.63) is 75.9 Å². The van der Waals surface area contributed by atoms with Crippen LogP contribution < -0.4 is 24.8 Å². The molecule has 2 fully saturated rings. The minimum Gasteiger partial charge on any atom is -0.493 e. The summed E-state index contributed by atoms with van der Waals surface area (Å²) < 4.78 is 32.7. The Labute approximate surface area is 265 Å². The van der Waals surface area contributed by atoms with Gasteiger partial charge in [0.2, 0.25) is 0 Å². The van der Waals surface area contributed by atoms with Gasteiger partial charge in [0.05, 0.1) is 46.9 Å². The van der Waals surface area contributed by atoms with Crippen molar-refractivity contribution >= 4 is 45.5 Å². The lowest BCUT2D eigenvalue weighted by atomic mass is 9.51. The highest BCUT2D eigenvalue weighted by atomic mass is 35.5. The van der Waals surface area contributed by atoms with E-state index in [0.717, 1.165) is 13.1 Å². The van der Waals surface area contributed by atoms with E-state index in [2.05, 4.69) is 33.6 Å². The zero-order chi connectivity index (χ0) is 30.8. The van der Waals surface area contributed by atoms with Gasteiger partial charge in [-0.25, -0.2) is 9.37 Å². The molecular weight excluding hydrogens is 604 g/mol. The van der Waals surface area contributed by atoms with Gasteiger partial charge in [-0.15, -0.1) is 0 Å². The maximum Gasteiger partial charge on any atom is 0.167 e. The summed E-state index contributed by atoms with van der Waals surface area (Å²) in [5, 5.41) is 17.6. The van der Waals surface area contributed by atoms with Crippen LogP contribution in [0.3, 0.4) is 0 Å². The molecule has 1 aliphatic heterocycles. The maximum absolute atomic E-state index is 15.1. The molecule has 0 radical (unpaired) electrons. The van der Waals surface area contributed by atoms with Crippen molar-refractivity contribution in [2.24, 2.45) is 17.3 Å². The highest BCUT2D eigenvalue weighted by molar-refractivity contribution is 6.33. The van der Waals surface area contributed by atoms with Crippen molar-refractivity contribution in [3.8, 4) is 23.3 Å². The SMILES string of the molecule is COc1cc2c(Nc3cc(F)c(OCc4cccc(Cl)n4)cc3Cl)c(C#N)cnc2cc1OCC1CC2(CCNCC2)C1C. The second-order valence-corrected chi connectivity index (χ2v) is 12.3. The van der Waals surface area contributed by atoms with Crippen LogP contribution in [0, 0.1) is 34.4 Å². The van der Waals surface area contributed by atoms with Gasteiger partial charge in [-0.1, -0.05) is 36.2 Å². The van der Waals surface area contributed by atoms with Crippen molar-refractivity contribution in [2.45, 2.75) is 32.8 Å². The monoisotopic (exact) mass is 635 g/mol. The van der Waals surface area contributed by atoms with Gasteiger partial charge in [-0.2, -0.15) is 5.26 Å². The van der Waals surface area contributed by atoms with Crippen molar-refractivity contribution < 1.29 is 18.6 Å². The molecule has 4 aromatic rings. The third-order valence-corrected chi connectivity index (χ3v) is 9.62. The summed E-state index contributed by atoms with van der Waals surface area (Å²) in [6, 6.07) is 13.4. The second kappa shape index (κ2) is 12.6. The fourth-order valence-corrected chi connectivity index (χ4v) is 6.83. The van der Waals surface area contributed by atoms with Crippen LogP contribution in [-0.4, -0.2) is 36.8 Å². The summed E-state index contributed by atoms with van der Waals surface area (Å²) in [6.07, 6.45) is 5.07. The van der Waals surface area contributed by atoms with Gasteiger partial charge in [-0.05, 0) is 67.8 Å².